The molecule has 2 heteroatoms. The van der Waals surface area contributed by atoms with E-state index in [9.17, 15) is 0 Å². The highest BCUT2D eigenvalue weighted by Crippen LogP contribution is 2.30. The molecule has 0 atom stereocenters. The molecule has 0 saturated heterocycles. The van der Waals surface area contributed by atoms with Crippen LogP contribution in [0.3, 0.4) is 0 Å². The zero-order valence-corrected chi connectivity index (χ0v) is 8.68. The Labute approximate surface area is 87.1 Å². The molecule has 1 aromatic heterocycles. The van der Waals surface area contributed by atoms with Crippen LogP contribution in [0.25, 0.3) is 15.7 Å². The van der Waals surface area contributed by atoms with Crippen molar-refractivity contribution < 1.29 is 5.32 Å². The molecule has 1 aromatic carbocycles. The summed E-state index contributed by atoms with van der Waals surface area (Å²) in [4.78, 5) is 0. The summed E-state index contributed by atoms with van der Waals surface area (Å²) in [6.07, 6.45) is 2.34. The van der Waals surface area contributed by atoms with Crippen LogP contribution in [-0.2, 0) is 0 Å². The van der Waals surface area contributed by atoms with Crippen molar-refractivity contribution in [1.82, 2.24) is 0 Å². The second kappa shape index (κ2) is 3.23. The maximum absolute atomic E-state index is 2.34. The van der Waals surface area contributed by atoms with E-state index in [0.29, 0.717) is 0 Å². The molecule has 1 nitrogen and oxygen atoms in total. The first-order chi connectivity index (χ1) is 6.95. The summed E-state index contributed by atoms with van der Waals surface area (Å²) < 4.78 is 1.40. The lowest BCUT2D eigenvalue weighted by molar-refractivity contribution is -0.628. The molecule has 70 valence electrons. The molecule has 1 aliphatic heterocycles. The SMILES string of the molecule is C1=C(c2csc3ccccc23)C[NH2+]C1. The molecule has 0 unspecified atom stereocenters. The number of hydrogen-bond donors (Lipinski definition) is 1. The molecule has 2 N–H and O–H groups in total. The van der Waals surface area contributed by atoms with Gasteiger partial charge in [0.05, 0.1) is 6.54 Å². The molecule has 3 rings (SSSR count). The van der Waals surface area contributed by atoms with E-state index in [0.717, 1.165) is 13.1 Å². The Hall–Kier alpha value is -1.12. The Morgan fingerprint density at radius 3 is 3.00 bits per heavy atom. The molecule has 0 fully saturated rings. The zero-order chi connectivity index (χ0) is 9.38. The predicted molar refractivity (Wildman–Crippen MR) is 61.5 cm³/mol. The number of fused-ring (bicyclic) bond motifs is 1. The smallest absolute Gasteiger partial charge is 0.102 e. The van der Waals surface area contributed by atoms with Crippen LogP contribution < -0.4 is 5.32 Å². The van der Waals surface area contributed by atoms with Gasteiger partial charge in [-0.2, -0.15) is 0 Å². The van der Waals surface area contributed by atoms with Crippen LogP contribution in [0.1, 0.15) is 5.56 Å². The lowest BCUT2D eigenvalue weighted by Crippen LogP contribution is -2.81. The van der Waals surface area contributed by atoms with E-state index in [2.05, 4.69) is 41.0 Å². The van der Waals surface area contributed by atoms with Gasteiger partial charge in [-0.25, -0.2) is 0 Å². The third-order valence-electron chi connectivity index (χ3n) is 2.72. The number of thiophene rings is 1. The molecule has 0 spiro atoms. The van der Waals surface area contributed by atoms with Crippen molar-refractivity contribution in [3.63, 3.8) is 0 Å². The number of hydrogen-bond acceptors (Lipinski definition) is 1. The van der Waals surface area contributed by atoms with Gasteiger partial charge in [0, 0.05) is 21.2 Å². The summed E-state index contributed by atoms with van der Waals surface area (Å²) >= 11 is 1.85. The van der Waals surface area contributed by atoms with Gasteiger partial charge in [-0.3, -0.25) is 0 Å². The average Bonchev–Trinajstić information content (AvgIpc) is 2.85. The van der Waals surface area contributed by atoms with Crippen LogP contribution in [-0.4, -0.2) is 13.1 Å². The van der Waals surface area contributed by atoms with Gasteiger partial charge in [0.25, 0.3) is 0 Å². The number of benzene rings is 1. The van der Waals surface area contributed by atoms with Crippen molar-refractivity contribution in [3.05, 3.63) is 41.3 Å². The topological polar surface area (TPSA) is 16.6 Å². The van der Waals surface area contributed by atoms with Gasteiger partial charge in [-0.15, -0.1) is 11.3 Å². The van der Waals surface area contributed by atoms with E-state index in [4.69, 9.17) is 0 Å². The van der Waals surface area contributed by atoms with E-state index >= 15 is 0 Å². The Kier molecular flexibility index (Phi) is 1.89. The quantitative estimate of drug-likeness (QED) is 0.727. The standard InChI is InChI=1S/C12H11NS/c1-2-4-12-10(3-1)11(8-14-12)9-5-6-13-7-9/h1-5,8,13H,6-7H2/p+1. The third kappa shape index (κ3) is 1.19. The fourth-order valence-corrected chi connectivity index (χ4v) is 2.98. The molecule has 0 aliphatic carbocycles. The summed E-state index contributed by atoms with van der Waals surface area (Å²) in [5.74, 6) is 0. The van der Waals surface area contributed by atoms with Crippen molar-refractivity contribution in [2.24, 2.45) is 0 Å². The van der Waals surface area contributed by atoms with Crippen molar-refractivity contribution in [2.45, 2.75) is 0 Å². The Balaban J connectivity index is 2.21. The summed E-state index contributed by atoms with van der Waals surface area (Å²) in [6, 6.07) is 8.65. The van der Waals surface area contributed by atoms with Gasteiger partial charge in [-0.05, 0) is 17.5 Å². The second-order valence-corrected chi connectivity index (χ2v) is 4.51. The second-order valence-electron chi connectivity index (χ2n) is 3.60. The Morgan fingerprint density at radius 2 is 2.14 bits per heavy atom. The first kappa shape index (κ1) is 8.21. The molecule has 0 bridgehead atoms. The highest BCUT2D eigenvalue weighted by molar-refractivity contribution is 7.17. The predicted octanol–water partition coefficient (Wildman–Crippen LogP) is 1.86. The van der Waals surface area contributed by atoms with E-state index in [1.54, 1.807) is 0 Å². The van der Waals surface area contributed by atoms with Gasteiger partial charge < -0.3 is 5.32 Å². The van der Waals surface area contributed by atoms with Gasteiger partial charge in [0.2, 0.25) is 0 Å². The first-order valence-electron chi connectivity index (χ1n) is 4.92. The minimum Gasteiger partial charge on any atom is -0.339 e. The van der Waals surface area contributed by atoms with E-state index < -0.39 is 0 Å². The van der Waals surface area contributed by atoms with Crippen LogP contribution in [0.2, 0.25) is 0 Å². The monoisotopic (exact) mass is 202 g/mol. The summed E-state index contributed by atoms with van der Waals surface area (Å²) in [5, 5.41) is 6.04. The normalized spacial score (nSPS) is 16.1. The van der Waals surface area contributed by atoms with Gasteiger partial charge in [0.1, 0.15) is 6.54 Å². The molecule has 0 amide bonds. The minimum atomic E-state index is 1.14. The Bertz CT molecular complexity index is 496. The fraction of sp³-hybridized carbons (Fsp3) is 0.167. The van der Waals surface area contributed by atoms with Crippen LogP contribution >= 0.6 is 11.3 Å². The van der Waals surface area contributed by atoms with E-state index in [1.807, 2.05) is 11.3 Å². The molecule has 0 saturated carbocycles. The lowest BCUT2D eigenvalue weighted by atomic mass is 10.1. The van der Waals surface area contributed by atoms with Crippen LogP contribution in [0.4, 0.5) is 0 Å². The van der Waals surface area contributed by atoms with Gasteiger partial charge in [-0.1, -0.05) is 18.2 Å². The average molecular weight is 202 g/mol. The molecular formula is C12H12NS+. The first-order valence-corrected chi connectivity index (χ1v) is 5.80. The van der Waals surface area contributed by atoms with Gasteiger partial charge >= 0.3 is 0 Å². The molecule has 2 heterocycles. The summed E-state index contributed by atoms with van der Waals surface area (Å²) in [5.41, 5.74) is 2.95. The summed E-state index contributed by atoms with van der Waals surface area (Å²) in [7, 11) is 0. The highest BCUT2D eigenvalue weighted by atomic mass is 32.1. The van der Waals surface area contributed by atoms with E-state index in [-0.39, 0.29) is 0 Å². The molecule has 0 radical (unpaired) electrons. The third-order valence-corrected chi connectivity index (χ3v) is 3.69. The van der Waals surface area contributed by atoms with E-state index in [1.165, 1.54) is 21.2 Å². The van der Waals surface area contributed by atoms with Gasteiger partial charge in [0.15, 0.2) is 0 Å². The highest BCUT2D eigenvalue weighted by Gasteiger charge is 2.13. The van der Waals surface area contributed by atoms with Crippen LogP contribution in [0.15, 0.2) is 35.7 Å². The minimum absolute atomic E-state index is 1.14. The fourth-order valence-electron chi connectivity index (χ4n) is 1.99. The maximum Gasteiger partial charge on any atom is 0.102 e. The van der Waals surface area contributed by atoms with Crippen molar-refractivity contribution in [1.29, 1.82) is 0 Å². The number of nitrogens with two attached hydrogens (primary N) is 1. The van der Waals surface area contributed by atoms with Crippen molar-refractivity contribution in [2.75, 3.05) is 13.1 Å². The molecule has 2 aromatic rings. The largest absolute Gasteiger partial charge is 0.339 e. The van der Waals surface area contributed by atoms with Crippen LogP contribution in [0, 0.1) is 0 Å². The molecule has 1 aliphatic rings. The maximum atomic E-state index is 2.34. The van der Waals surface area contributed by atoms with Crippen LogP contribution in [0.5, 0.6) is 0 Å². The summed E-state index contributed by atoms with van der Waals surface area (Å²) in [6.45, 7) is 2.28. The number of rotatable bonds is 1. The van der Waals surface area contributed by atoms with Crippen molar-refractivity contribution in [3.8, 4) is 0 Å². The zero-order valence-electron chi connectivity index (χ0n) is 7.86. The molecule has 14 heavy (non-hydrogen) atoms. The van der Waals surface area contributed by atoms with Crippen molar-refractivity contribution >= 4 is 27.0 Å². The lowest BCUT2D eigenvalue weighted by Gasteiger charge is -1.96. The number of quaternary nitrogens is 1. The Morgan fingerprint density at radius 1 is 1.21 bits per heavy atom. The molecular weight excluding hydrogens is 190 g/mol.